The van der Waals surface area contributed by atoms with Crippen molar-refractivity contribution in [2.75, 3.05) is 5.32 Å². The molecule has 2 aromatic heterocycles. The van der Waals surface area contributed by atoms with Crippen molar-refractivity contribution < 1.29 is 4.79 Å². The quantitative estimate of drug-likeness (QED) is 0.470. The van der Waals surface area contributed by atoms with Gasteiger partial charge in [-0.3, -0.25) is 4.79 Å². The van der Waals surface area contributed by atoms with Crippen LogP contribution >= 0.6 is 0 Å². The predicted molar refractivity (Wildman–Crippen MR) is 119 cm³/mol. The molecule has 30 heavy (non-hydrogen) atoms. The zero-order valence-corrected chi connectivity index (χ0v) is 16.7. The van der Waals surface area contributed by atoms with E-state index in [0.717, 1.165) is 29.4 Å². The topological polar surface area (TPSA) is 83.6 Å². The lowest BCUT2D eigenvalue weighted by Gasteiger charge is -2.10. The number of carbonyl (C=O) groups excluding carboxylic acids is 1. The first-order valence-corrected chi connectivity index (χ1v) is 9.94. The van der Waals surface area contributed by atoms with E-state index in [1.54, 1.807) is 6.08 Å². The van der Waals surface area contributed by atoms with E-state index in [4.69, 9.17) is 4.98 Å². The Morgan fingerprint density at radius 1 is 1.10 bits per heavy atom. The minimum atomic E-state index is -0.305. The van der Waals surface area contributed by atoms with Gasteiger partial charge in [0.05, 0.1) is 11.0 Å². The van der Waals surface area contributed by atoms with Crippen LogP contribution in [0.1, 0.15) is 30.9 Å². The van der Waals surface area contributed by atoms with Crippen LogP contribution in [-0.2, 0) is 11.3 Å². The summed E-state index contributed by atoms with van der Waals surface area (Å²) in [5.41, 5.74) is 3.85. The summed E-state index contributed by atoms with van der Waals surface area (Å²) in [5.74, 6) is 0.138. The van der Waals surface area contributed by atoms with Crippen molar-refractivity contribution in [2.24, 2.45) is 0 Å². The van der Waals surface area contributed by atoms with E-state index < -0.39 is 0 Å². The number of nitriles is 1. The SMILES string of the molecule is CCCCn1c(NC(=O)/C=C/c2ccccc2)c(C#N)c2nc3ccccc3nc21. The molecule has 0 aliphatic carbocycles. The molecule has 2 aromatic carbocycles. The van der Waals surface area contributed by atoms with Crippen LogP contribution in [0.4, 0.5) is 5.82 Å². The Labute approximate surface area is 174 Å². The van der Waals surface area contributed by atoms with Crippen LogP contribution in [0.3, 0.4) is 0 Å². The molecule has 0 saturated heterocycles. The van der Waals surface area contributed by atoms with E-state index in [-0.39, 0.29) is 5.91 Å². The third-order valence-electron chi connectivity index (χ3n) is 4.87. The number of rotatable bonds is 6. The maximum atomic E-state index is 12.6. The first-order chi connectivity index (χ1) is 14.7. The molecule has 0 atom stereocenters. The summed E-state index contributed by atoms with van der Waals surface area (Å²) in [6, 6.07) is 19.4. The predicted octanol–water partition coefficient (Wildman–Crippen LogP) is 4.91. The third-order valence-corrected chi connectivity index (χ3v) is 4.87. The molecule has 4 rings (SSSR count). The van der Waals surface area contributed by atoms with Crippen molar-refractivity contribution in [3.63, 3.8) is 0 Å². The van der Waals surface area contributed by atoms with Gasteiger partial charge in [-0.15, -0.1) is 0 Å². The molecule has 0 radical (unpaired) electrons. The fourth-order valence-electron chi connectivity index (χ4n) is 3.36. The molecule has 1 amide bonds. The molecule has 0 bridgehead atoms. The molecule has 0 aliphatic rings. The zero-order chi connectivity index (χ0) is 20.9. The van der Waals surface area contributed by atoms with Gasteiger partial charge in [0.25, 0.3) is 0 Å². The van der Waals surface area contributed by atoms with Crippen LogP contribution in [0, 0.1) is 11.3 Å². The van der Waals surface area contributed by atoms with Crippen molar-refractivity contribution in [1.82, 2.24) is 14.5 Å². The molecular formula is C24H21N5O. The molecule has 2 heterocycles. The summed E-state index contributed by atoms with van der Waals surface area (Å²) in [6.07, 6.45) is 5.08. The number of amides is 1. The molecule has 1 N–H and O–H groups in total. The summed E-state index contributed by atoms with van der Waals surface area (Å²) < 4.78 is 1.89. The zero-order valence-electron chi connectivity index (χ0n) is 16.7. The van der Waals surface area contributed by atoms with E-state index in [9.17, 15) is 10.1 Å². The highest BCUT2D eigenvalue weighted by Gasteiger charge is 2.21. The molecule has 0 spiro atoms. The number of nitrogens with zero attached hydrogens (tertiary/aromatic N) is 4. The number of hydrogen-bond donors (Lipinski definition) is 1. The summed E-state index contributed by atoms with van der Waals surface area (Å²) in [4.78, 5) is 22.0. The van der Waals surface area contributed by atoms with Gasteiger partial charge < -0.3 is 9.88 Å². The summed E-state index contributed by atoms with van der Waals surface area (Å²) in [7, 11) is 0. The Hall–Kier alpha value is -3.98. The number of aromatic nitrogens is 3. The molecule has 0 unspecified atom stereocenters. The smallest absolute Gasteiger partial charge is 0.249 e. The number of nitrogens with one attached hydrogen (secondary N) is 1. The number of fused-ring (bicyclic) bond motifs is 2. The van der Waals surface area contributed by atoms with Crippen LogP contribution in [0.15, 0.2) is 60.7 Å². The fourth-order valence-corrected chi connectivity index (χ4v) is 3.36. The lowest BCUT2D eigenvalue weighted by molar-refractivity contribution is -0.111. The normalized spacial score (nSPS) is 11.2. The standard InChI is InChI=1S/C24H21N5O/c1-2-3-15-29-23(28-21(30)14-13-17-9-5-4-6-10-17)18(16-25)22-24(29)27-20-12-8-7-11-19(20)26-22/h4-14H,2-3,15H2,1H3,(H,28,30)/b14-13+. The highest BCUT2D eigenvalue weighted by molar-refractivity contribution is 6.05. The van der Waals surface area contributed by atoms with Crippen molar-refractivity contribution in [1.29, 1.82) is 5.26 Å². The average Bonchev–Trinajstić information content (AvgIpc) is 3.06. The molecule has 6 nitrogen and oxygen atoms in total. The largest absolute Gasteiger partial charge is 0.309 e. The number of carbonyl (C=O) groups is 1. The van der Waals surface area contributed by atoms with E-state index in [1.165, 1.54) is 6.08 Å². The van der Waals surface area contributed by atoms with Crippen LogP contribution < -0.4 is 5.32 Å². The van der Waals surface area contributed by atoms with Crippen LogP contribution in [0.5, 0.6) is 0 Å². The number of hydrogen-bond acceptors (Lipinski definition) is 4. The summed E-state index contributed by atoms with van der Waals surface area (Å²) in [5, 5.41) is 12.7. The van der Waals surface area contributed by atoms with Gasteiger partial charge in [0.1, 0.15) is 23.0 Å². The molecule has 0 fully saturated rings. The van der Waals surface area contributed by atoms with Crippen molar-refractivity contribution in [3.05, 3.63) is 71.8 Å². The van der Waals surface area contributed by atoms with E-state index in [2.05, 4.69) is 23.3 Å². The Bertz CT molecular complexity index is 1280. The Kier molecular flexibility index (Phi) is 5.53. The molecule has 4 aromatic rings. The number of aryl methyl sites for hydroxylation is 1. The monoisotopic (exact) mass is 395 g/mol. The minimum absolute atomic E-state index is 0.305. The van der Waals surface area contributed by atoms with Gasteiger partial charge in [0, 0.05) is 12.6 Å². The summed E-state index contributed by atoms with van der Waals surface area (Å²) in [6.45, 7) is 2.73. The lowest BCUT2D eigenvalue weighted by Crippen LogP contribution is -2.14. The Morgan fingerprint density at radius 2 is 1.80 bits per heavy atom. The van der Waals surface area contributed by atoms with Crippen molar-refractivity contribution >= 4 is 40.0 Å². The van der Waals surface area contributed by atoms with E-state index in [0.29, 0.717) is 29.1 Å². The molecule has 0 saturated carbocycles. The van der Waals surface area contributed by atoms with Crippen molar-refractivity contribution in [2.45, 2.75) is 26.3 Å². The van der Waals surface area contributed by atoms with Crippen LogP contribution in [0.25, 0.3) is 28.3 Å². The number of para-hydroxylation sites is 2. The lowest BCUT2D eigenvalue weighted by atomic mass is 10.2. The van der Waals surface area contributed by atoms with E-state index in [1.807, 2.05) is 59.2 Å². The van der Waals surface area contributed by atoms with Gasteiger partial charge in [0.2, 0.25) is 5.91 Å². The van der Waals surface area contributed by atoms with Crippen LogP contribution in [0.2, 0.25) is 0 Å². The van der Waals surface area contributed by atoms with Gasteiger partial charge in [-0.05, 0) is 30.2 Å². The highest BCUT2D eigenvalue weighted by atomic mass is 16.1. The van der Waals surface area contributed by atoms with Gasteiger partial charge >= 0.3 is 0 Å². The second-order valence-corrected chi connectivity index (χ2v) is 6.96. The van der Waals surface area contributed by atoms with Gasteiger partial charge in [0.15, 0.2) is 5.65 Å². The van der Waals surface area contributed by atoms with E-state index >= 15 is 0 Å². The number of anilines is 1. The van der Waals surface area contributed by atoms with Gasteiger partial charge in [-0.25, -0.2) is 9.97 Å². The number of benzene rings is 2. The highest BCUT2D eigenvalue weighted by Crippen LogP contribution is 2.29. The van der Waals surface area contributed by atoms with Crippen LogP contribution in [-0.4, -0.2) is 20.4 Å². The first-order valence-electron chi connectivity index (χ1n) is 9.94. The van der Waals surface area contributed by atoms with Crippen molar-refractivity contribution in [3.8, 4) is 6.07 Å². The fraction of sp³-hybridized carbons (Fsp3) is 0.167. The number of unbranched alkanes of at least 4 members (excludes halogenated alkanes) is 1. The first kappa shape index (κ1) is 19.3. The maximum absolute atomic E-state index is 12.6. The molecule has 0 aliphatic heterocycles. The molecule has 148 valence electrons. The maximum Gasteiger partial charge on any atom is 0.249 e. The summed E-state index contributed by atoms with van der Waals surface area (Å²) >= 11 is 0. The Morgan fingerprint density at radius 3 is 2.50 bits per heavy atom. The van der Waals surface area contributed by atoms with Gasteiger partial charge in [-0.1, -0.05) is 55.8 Å². The van der Waals surface area contributed by atoms with Gasteiger partial charge in [-0.2, -0.15) is 5.26 Å². The Balaban J connectivity index is 1.78. The third kappa shape index (κ3) is 3.78. The second-order valence-electron chi connectivity index (χ2n) is 6.96. The minimum Gasteiger partial charge on any atom is -0.309 e. The molecular weight excluding hydrogens is 374 g/mol. The second kappa shape index (κ2) is 8.58. The molecule has 6 heteroatoms. The average molecular weight is 395 g/mol.